The number of hydrogen-bond donors (Lipinski definition) is 2. The number of phenols is 1. The molecule has 1 atom stereocenters. The first kappa shape index (κ1) is 27.2. The second-order valence-electron chi connectivity index (χ2n) is 8.47. The fourth-order valence-electron chi connectivity index (χ4n) is 4.44. The predicted molar refractivity (Wildman–Crippen MR) is 145 cm³/mol. The fourth-order valence-corrected chi connectivity index (χ4v) is 5.01. The molecule has 4 rings (SSSR count). The van der Waals surface area contributed by atoms with Crippen molar-refractivity contribution >= 4 is 46.3 Å². The number of aliphatic hydroxyl groups is 1. The Morgan fingerprint density at radius 2 is 1.74 bits per heavy atom. The van der Waals surface area contributed by atoms with Gasteiger partial charge >= 0.3 is 0 Å². The standard InChI is InChI=1S/C28H25Cl2NO7/c1-5-38-22-11-15(7-9-21(22)36-3)24-23(25(33)17-12-16(29)13-18(30)27(17)37-4)26(34)28(35)31(24)19-10-14(2)6-8-20(19)32/h6-13,24,32-33H,5H2,1-4H3/b25-23+. The van der Waals surface area contributed by atoms with Crippen LogP contribution in [0.5, 0.6) is 23.0 Å². The molecule has 1 amide bonds. The van der Waals surface area contributed by atoms with Crippen LogP contribution < -0.4 is 19.1 Å². The van der Waals surface area contributed by atoms with Gasteiger partial charge in [-0.1, -0.05) is 35.3 Å². The number of benzene rings is 3. The average molecular weight is 558 g/mol. The minimum absolute atomic E-state index is 0.0278. The highest BCUT2D eigenvalue weighted by atomic mass is 35.5. The van der Waals surface area contributed by atoms with Gasteiger partial charge in [0.1, 0.15) is 17.3 Å². The molecule has 3 aromatic rings. The minimum atomic E-state index is -1.16. The summed E-state index contributed by atoms with van der Waals surface area (Å²) in [6, 6.07) is 11.2. The first-order chi connectivity index (χ1) is 18.1. The Morgan fingerprint density at radius 3 is 2.39 bits per heavy atom. The highest BCUT2D eigenvalue weighted by Gasteiger charge is 2.48. The summed E-state index contributed by atoms with van der Waals surface area (Å²) < 4.78 is 16.5. The van der Waals surface area contributed by atoms with E-state index >= 15 is 0 Å². The molecule has 1 fully saturated rings. The smallest absolute Gasteiger partial charge is 0.300 e. The van der Waals surface area contributed by atoms with Gasteiger partial charge in [-0.3, -0.25) is 14.5 Å². The third kappa shape index (κ3) is 4.73. The predicted octanol–water partition coefficient (Wildman–Crippen LogP) is 6.05. The van der Waals surface area contributed by atoms with E-state index in [1.54, 1.807) is 44.2 Å². The molecule has 0 radical (unpaired) electrons. The molecule has 0 bridgehead atoms. The number of Topliss-reactive ketones (excluding diaryl/α,β-unsaturated/α-hetero) is 1. The first-order valence-electron chi connectivity index (χ1n) is 11.6. The van der Waals surface area contributed by atoms with Gasteiger partial charge in [0.2, 0.25) is 0 Å². The quantitative estimate of drug-likeness (QED) is 0.207. The molecule has 8 nitrogen and oxygen atoms in total. The zero-order chi connectivity index (χ0) is 27.7. The molecule has 0 aromatic heterocycles. The van der Waals surface area contributed by atoms with Crippen molar-refractivity contribution in [3.63, 3.8) is 0 Å². The van der Waals surface area contributed by atoms with Crippen LogP contribution in [-0.2, 0) is 9.59 Å². The van der Waals surface area contributed by atoms with E-state index < -0.39 is 23.5 Å². The van der Waals surface area contributed by atoms with Crippen LogP contribution in [0.1, 0.15) is 29.7 Å². The SMILES string of the molecule is CCOc1cc(C2/C(=C(\O)c3cc(Cl)cc(Cl)c3OC)C(=O)C(=O)N2c2cc(C)ccc2O)ccc1OC. The summed E-state index contributed by atoms with van der Waals surface area (Å²) in [6.45, 7) is 3.92. The van der Waals surface area contributed by atoms with E-state index in [9.17, 15) is 19.8 Å². The molecule has 3 aromatic carbocycles. The van der Waals surface area contributed by atoms with E-state index in [1.807, 2.05) is 0 Å². The number of aliphatic hydroxyl groups excluding tert-OH is 1. The number of anilines is 1. The maximum Gasteiger partial charge on any atom is 0.300 e. The van der Waals surface area contributed by atoms with Crippen molar-refractivity contribution < 1.29 is 34.0 Å². The van der Waals surface area contributed by atoms with E-state index in [0.29, 0.717) is 23.7 Å². The second-order valence-corrected chi connectivity index (χ2v) is 9.32. The lowest BCUT2D eigenvalue weighted by Gasteiger charge is -2.27. The van der Waals surface area contributed by atoms with E-state index in [2.05, 4.69) is 0 Å². The monoisotopic (exact) mass is 557 g/mol. The molecule has 1 aliphatic rings. The van der Waals surface area contributed by atoms with Crippen molar-refractivity contribution in [1.29, 1.82) is 0 Å². The lowest BCUT2D eigenvalue weighted by atomic mass is 9.94. The maximum absolute atomic E-state index is 13.5. The van der Waals surface area contributed by atoms with Gasteiger partial charge in [0.25, 0.3) is 11.7 Å². The van der Waals surface area contributed by atoms with Crippen molar-refractivity contribution in [2.75, 3.05) is 25.7 Å². The van der Waals surface area contributed by atoms with Crippen LogP contribution >= 0.6 is 23.2 Å². The lowest BCUT2D eigenvalue weighted by Crippen LogP contribution is -2.29. The van der Waals surface area contributed by atoms with Crippen LogP contribution in [0.15, 0.2) is 54.1 Å². The molecule has 0 aliphatic carbocycles. The van der Waals surface area contributed by atoms with Crippen molar-refractivity contribution in [2.45, 2.75) is 19.9 Å². The zero-order valence-corrected chi connectivity index (χ0v) is 22.6. The molecule has 10 heteroatoms. The summed E-state index contributed by atoms with van der Waals surface area (Å²) in [6.07, 6.45) is 0. The Balaban J connectivity index is 2.06. The van der Waals surface area contributed by atoms with Crippen LogP contribution in [0.3, 0.4) is 0 Å². The number of methoxy groups -OCH3 is 2. The Hall–Kier alpha value is -3.88. The summed E-state index contributed by atoms with van der Waals surface area (Å²) in [4.78, 5) is 28.2. The maximum atomic E-state index is 13.5. The normalized spacial score (nSPS) is 16.6. The minimum Gasteiger partial charge on any atom is -0.507 e. The number of halogens is 2. The Bertz CT molecular complexity index is 1470. The number of aromatic hydroxyl groups is 1. The molecule has 1 heterocycles. The largest absolute Gasteiger partial charge is 0.507 e. The van der Waals surface area contributed by atoms with Gasteiger partial charge in [0, 0.05) is 5.02 Å². The molecule has 38 heavy (non-hydrogen) atoms. The number of amides is 1. The number of hydrogen-bond acceptors (Lipinski definition) is 7. The Kier molecular flexibility index (Phi) is 7.76. The lowest BCUT2D eigenvalue weighted by molar-refractivity contribution is -0.132. The molecule has 1 saturated heterocycles. The topological polar surface area (TPSA) is 106 Å². The summed E-state index contributed by atoms with van der Waals surface area (Å²) in [5, 5.41) is 22.5. The second kappa shape index (κ2) is 10.8. The average Bonchev–Trinajstić information content (AvgIpc) is 3.15. The summed E-state index contributed by atoms with van der Waals surface area (Å²) in [7, 11) is 2.84. The van der Waals surface area contributed by atoms with Gasteiger partial charge in [-0.15, -0.1) is 0 Å². The highest BCUT2D eigenvalue weighted by molar-refractivity contribution is 6.52. The number of aryl methyl sites for hydroxylation is 1. The molecule has 1 unspecified atom stereocenters. The van der Waals surface area contributed by atoms with E-state index in [0.717, 1.165) is 10.5 Å². The van der Waals surface area contributed by atoms with Crippen molar-refractivity contribution in [3.8, 4) is 23.0 Å². The van der Waals surface area contributed by atoms with Crippen molar-refractivity contribution in [2.24, 2.45) is 0 Å². The summed E-state index contributed by atoms with van der Waals surface area (Å²) >= 11 is 12.5. The third-order valence-electron chi connectivity index (χ3n) is 6.11. The van der Waals surface area contributed by atoms with Gasteiger partial charge in [-0.2, -0.15) is 0 Å². The molecule has 1 aliphatic heterocycles. The molecule has 2 N–H and O–H groups in total. The van der Waals surface area contributed by atoms with Gasteiger partial charge in [0.05, 0.1) is 48.7 Å². The fraction of sp³-hybridized carbons (Fsp3) is 0.214. The van der Waals surface area contributed by atoms with Gasteiger partial charge < -0.3 is 24.4 Å². The molecule has 0 saturated carbocycles. The van der Waals surface area contributed by atoms with Crippen LogP contribution in [0.2, 0.25) is 10.0 Å². The summed E-state index contributed by atoms with van der Waals surface area (Å²) in [5.74, 6) is -1.80. The first-order valence-corrected chi connectivity index (χ1v) is 12.3. The Morgan fingerprint density at radius 1 is 1.00 bits per heavy atom. The number of carbonyl (C=O) groups excluding carboxylic acids is 2. The van der Waals surface area contributed by atoms with Gasteiger partial charge in [-0.05, 0) is 61.4 Å². The van der Waals surface area contributed by atoms with Crippen LogP contribution in [0.25, 0.3) is 5.76 Å². The Labute approximate surface area is 229 Å². The molecular weight excluding hydrogens is 533 g/mol. The number of carbonyl (C=O) groups is 2. The van der Waals surface area contributed by atoms with Gasteiger partial charge in [0.15, 0.2) is 11.5 Å². The number of phenolic OH excluding ortho intramolecular Hbond substituents is 1. The number of ketones is 1. The van der Waals surface area contributed by atoms with Crippen molar-refractivity contribution in [1.82, 2.24) is 0 Å². The number of rotatable bonds is 7. The highest BCUT2D eigenvalue weighted by Crippen LogP contribution is 2.48. The zero-order valence-electron chi connectivity index (χ0n) is 21.0. The number of nitrogens with zero attached hydrogens (tertiary/aromatic N) is 1. The third-order valence-corrected chi connectivity index (χ3v) is 6.60. The van der Waals surface area contributed by atoms with Crippen molar-refractivity contribution in [3.05, 3.63) is 80.8 Å². The van der Waals surface area contributed by atoms with E-state index in [4.69, 9.17) is 37.4 Å². The van der Waals surface area contributed by atoms with Crippen LogP contribution in [0.4, 0.5) is 5.69 Å². The van der Waals surface area contributed by atoms with E-state index in [1.165, 1.54) is 32.4 Å². The van der Waals surface area contributed by atoms with Gasteiger partial charge in [-0.25, -0.2) is 0 Å². The molecule has 198 valence electrons. The summed E-state index contributed by atoms with van der Waals surface area (Å²) in [5.41, 5.74) is 1.04. The molecule has 0 spiro atoms. The molecular formula is C28H25Cl2NO7. The van der Waals surface area contributed by atoms with Crippen LogP contribution in [-0.4, -0.2) is 42.7 Å². The van der Waals surface area contributed by atoms with E-state index in [-0.39, 0.29) is 38.4 Å². The number of ether oxygens (including phenoxy) is 3. The van der Waals surface area contributed by atoms with Crippen LogP contribution in [0, 0.1) is 6.92 Å².